The normalized spacial score (nSPS) is 10.2. The Kier molecular flexibility index (Phi) is 7.29. The van der Waals surface area contributed by atoms with Gasteiger partial charge in [0.05, 0.1) is 19.4 Å². The van der Waals surface area contributed by atoms with Crippen LogP contribution in [0.3, 0.4) is 0 Å². The third-order valence-electron chi connectivity index (χ3n) is 3.03. The molecule has 0 spiro atoms. The van der Waals surface area contributed by atoms with Gasteiger partial charge < -0.3 is 14.7 Å². The van der Waals surface area contributed by atoms with Crippen LogP contribution in [0.5, 0.6) is 5.75 Å². The number of hydrogen-bond acceptors (Lipinski definition) is 3. The van der Waals surface area contributed by atoms with E-state index in [0.717, 1.165) is 17.7 Å². The van der Waals surface area contributed by atoms with Crippen LogP contribution in [-0.4, -0.2) is 41.6 Å². The van der Waals surface area contributed by atoms with Crippen molar-refractivity contribution in [1.29, 1.82) is 0 Å². The molecule has 0 atom stereocenters. The molecule has 0 aromatic heterocycles. The highest BCUT2D eigenvalue weighted by molar-refractivity contribution is 5.79. The molecule has 0 saturated carbocycles. The predicted octanol–water partition coefficient (Wildman–Crippen LogP) is 2.34. The van der Waals surface area contributed by atoms with Crippen molar-refractivity contribution in [3.8, 4) is 5.75 Å². The van der Waals surface area contributed by atoms with E-state index in [1.807, 2.05) is 38.1 Å². The molecule has 0 aliphatic rings. The second-order valence-electron chi connectivity index (χ2n) is 4.78. The first-order valence-corrected chi connectivity index (χ1v) is 7.28. The lowest BCUT2D eigenvalue weighted by atomic mass is 10.1. The first-order chi connectivity index (χ1) is 10.1. The van der Waals surface area contributed by atoms with Crippen molar-refractivity contribution >= 4 is 11.9 Å². The van der Waals surface area contributed by atoms with E-state index in [1.165, 1.54) is 0 Å². The molecule has 0 bridgehead atoms. The zero-order chi connectivity index (χ0) is 15.7. The van der Waals surface area contributed by atoms with E-state index in [0.29, 0.717) is 13.2 Å². The highest BCUT2D eigenvalue weighted by atomic mass is 16.5. The molecular weight excluding hydrogens is 270 g/mol. The van der Waals surface area contributed by atoms with Crippen molar-refractivity contribution in [3.05, 3.63) is 29.8 Å². The summed E-state index contributed by atoms with van der Waals surface area (Å²) in [6.45, 7) is 5.35. The number of benzene rings is 1. The van der Waals surface area contributed by atoms with Crippen molar-refractivity contribution < 1.29 is 19.4 Å². The van der Waals surface area contributed by atoms with Crippen LogP contribution in [0.2, 0.25) is 0 Å². The van der Waals surface area contributed by atoms with Gasteiger partial charge in [-0.15, -0.1) is 0 Å². The molecule has 1 N–H and O–H groups in total. The number of ether oxygens (including phenoxy) is 1. The Hall–Kier alpha value is -2.04. The third-order valence-corrected chi connectivity index (χ3v) is 3.03. The van der Waals surface area contributed by atoms with Crippen LogP contribution in [0, 0.1) is 0 Å². The maximum atomic E-state index is 12.2. The molecule has 1 aromatic rings. The van der Waals surface area contributed by atoms with Gasteiger partial charge in [0.2, 0.25) is 5.91 Å². The molecule has 0 saturated heterocycles. The minimum absolute atomic E-state index is 0.0188. The second-order valence-corrected chi connectivity index (χ2v) is 4.78. The van der Waals surface area contributed by atoms with Gasteiger partial charge in [0.15, 0.2) is 0 Å². The molecule has 116 valence electrons. The summed E-state index contributed by atoms with van der Waals surface area (Å²) < 4.78 is 5.36. The Bertz CT molecular complexity index is 456. The molecule has 0 aliphatic heterocycles. The van der Waals surface area contributed by atoms with E-state index in [2.05, 4.69) is 0 Å². The van der Waals surface area contributed by atoms with Crippen molar-refractivity contribution in [2.75, 3.05) is 19.7 Å². The number of amides is 1. The lowest BCUT2D eigenvalue weighted by molar-refractivity contribution is -0.138. The molecule has 0 unspecified atom stereocenters. The van der Waals surface area contributed by atoms with Gasteiger partial charge in [-0.3, -0.25) is 9.59 Å². The molecule has 1 rings (SSSR count). The number of carbonyl (C=O) groups excluding carboxylic acids is 1. The smallest absolute Gasteiger partial charge is 0.305 e. The van der Waals surface area contributed by atoms with Crippen molar-refractivity contribution in [2.24, 2.45) is 0 Å². The quantitative estimate of drug-likeness (QED) is 0.759. The third kappa shape index (κ3) is 6.29. The minimum Gasteiger partial charge on any atom is -0.494 e. The molecule has 0 fully saturated rings. The summed E-state index contributed by atoms with van der Waals surface area (Å²) >= 11 is 0. The van der Waals surface area contributed by atoms with Crippen LogP contribution in [0.4, 0.5) is 0 Å². The fraction of sp³-hybridized carbons (Fsp3) is 0.500. The van der Waals surface area contributed by atoms with Crippen LogP contribution in [0.1, 0.15) is 32.3 Å². The van der Waals surface area contributed by atoms with Crippen LogP contribution in [0.25, 0.3) is 0 Å². The summed E-state index contributed by atoms with van der Waals surface area (Å²) in [5, 5.41) is 8.73. The fourth-order valence-corrected chi connectivity index (χ4v) is 2.02. The van der Waals surface area contributed by atoms with Crippen LogP contribution < -0.4 is 4.74 Å². The molecule has 0 heterocycles. The summed E-state index contributed by atoms with van der Waals surface area (Å²) in [5.74, 6) is -0.141. The highest BCUT2D eigenvalue weighted by Gasteiger charge is 2.14. The van der Waals surface area contributed by atoms with Gasteiger partial charge in [-0.25, -0.2) is 0 Å². The zero-order valence-corrected chi connectivity index (χ0v) is 12.7. The summed E-state index contributed by atoms with van der Waals surface area (Å²) in [4.78, 5) is 24.5. The van der Waals surface area contributed by atoms with E-state index in [9.17, 15) is 9.59 Å². The summed E-state index contributed by atoms with van der Waals surface area (Å²) in [6, 6.07) is 7.41. The Morgan fingerprint density at radius 1 is 1.14 bits per heavy atom. The number of carbonyl (C=O) groups is 2. The molecule has 0 aliphatic carbocycles. The molecule has 5 heteroatoms. The summed E-state index contributed by atoms with van der Waals surface area (Å²) in [7, 11) is 0. The van der Waals surface area contributed by atoms with Gasteiger partial charge in [0.1, 0.15) is 5.75 Å². The van der Waals surface area contributed by atoms with Crippen molar-refractivity contribution in [3.63, 3.8) is 0 Å². The van der Waals surface area contributed by atoms with Gasteiger partial charge in [0.25, 0.3) is 0 Å². The largest absolute Gasteiger partial charge is 0.494 e. The number of nitrogens with zero attached hydrogens (tertiary/aromatic N) is 1. The number of hydrogen-bond donors (Lipinski definition) is 1. The van der Waals surface area contributed by atoms with Gasteiger partial charge in [0, 0.05) is 13.1 Å². The molecule has 1 amide bonds. The number of carboxylic acid groups (broad SMARTS) is 1. The predicted molar refractivity (Wildman–Crippen MR) is 80.4 cm³/mol. The van der Waals surface area contributed by atoms with Gasteiger partial charge in [-0.05, 0) is 31.0 Å². The molecule has 21 heavy (non-hydrogen) atoms. The maximum Gasteiger partial charge on any atom is 0.305 e. The Labute approximate surface area is 125 Å². The summed E-state index contributed by atoms with van der Waals surface area (Å²) in [6.07, 6.45) is 1.08. The van der Waals surface area contributed by atoms with Crippen molar-refractivity contribution in [1.82, 2.24) is 4.90 Å². The highest BCUT2D eigenvalue weighted by Crippen LogP contribution is 2.13. The first kappa shape index (κ1) is 17.0. The minimum atomic E-state index is -0.884. The average Bonchev–Trinajstić information content (AvgIpc) is 2.45. The Balaban J connectivity index is 2.60. The van der Waals surface area contributed by atoms with Crippen LogP contribution in [-0.2, 0) is 16.0 Å². The van der Waals surface area contributed by atoms with Gasteiger partial charge >= 0.3 is 5.97 Å². The van der Waals surface area contributed by atoms with Crippen LogP contribution >= 0.6 is 0 Å². The van der Waals surface area contributed by atoms with Gasteiger partial charge in [-0.1, -0.05) is 19.1 Å². The first-order valence-electron chi connectivity index (χ1n) is 7.28. The van der Waals surface area contributed by atoms with E-state index in [4.69, 9.17) is 9.84 Å². The monoisotopic (exact) mass is 293 g/mol. The zero-order valence-electron chi connectivity index (χ0n) is 12.7. The van der Waals surface area contributed by atoms with Gasteiger partial charge in [-0.2, -0.15) is 0 Å². The molecule has 5 nitrogen and oxygen atoms in total. The average molecular weight is 293 g/mol. The maximum absolute atomic E-state index is 12.2. The molecular formula is C16H23NO4. The van der Waals surface area contributed by atoms with Crippen LogP contribution in [0.15, 0.2) is 24.3 Å². The second kappa shape index (κ2) is 9.00. The van der Waals surface area contributed by atoms with Crippen molar-refractivity contribution in [2.45, 2.75) is 33.1 Å². The topological polar surface area (TPSA) is 66.8 Å². The molecule has 1 aromatic carbocycles. The standard InChI is InChI=1S/C16H23NO4/c1-3-10-17(11-9-16(19)20)15(18)12-13-5-7-14(8-6-13)21-4-2/h5-8H,3-4,9-12H2,1-2H3,(H,19,20). The SMILES string of the molecule is CCCN(CCC(=O)O)C(=O)Cc1ccc(OCC)cc1. The molecule has 0 radical (unpaired) electrons. The van der Waals surface area contributed by atoms with E-state index < -0.39 is 5.97 Å². The lowest BCUT2D eigenvalue weighted by Gasteiger charge is -2.21. The fourth-order valence-electron chi connectivity index (χ4n) is 2.02. The number of rotatable bonds is 9. The van der Waals surface area contributed by atoms with E-state index in [1.54, 1.807) is 4.90 Å². The summed E-state index contributed by atoms with van der Waals surface area (Å²) in [5.41, 5.74) is 0.903. The number of carboxylic acids is 1. The van der Waals surface area contributed by atoms with E-state index >= 15 is 0 Å². The Morgan fingerprint density at radius 2 is 1.81 bits per heavy atom. The Morgan fingerprint density at radius 3 is 2.33 bits per heavy atom. The van der Waals surface area contributed by atoms with E-state index in [-0.39, 0.29) is 25.3 Å². The lowest BCUT2D eigenvalue weighted by Crippen LogP contribution is -2.34. The number of aliphatic carboxylic acids is 1.